The molecule has 1 amide bonds. The summed E-state index contributed by atoms with van der Waals surface area (Å²) in [6.45, 7) is 5.48. The molecule has 0 atom stereocenters. The number of carbonyl (C=O) groups is 1. The fourth-order valence-corrected chi connectivity index (χ4v) is 1.93. The van der Waals surface area contributed by atoms with Crippen LogP contribution in [0.4, 0.5) is 11.4 Å². The van der Waals surface area contributed by atoms with Crippen LogP contribution in [0.1, 0.15) is 20.3 Å². The smallest absolute Gasteiger partial charge is 0.221 e. The molecule has 1 rings (SSSR count). The molecule has 0 saturated carbocycles. The van der Waals surface area contributed by atoms with Gasteiger partial charge < -0.3 is 16.4 Å². The van der Waals surface area contributed by atoms with E-state index in [1.54, 1.807) is 0 Å². The maximum Gasteiger partial charge on any atom is 0.221 e. The molecule has 1 aromatic rings. The molecule has 4 nitrogen and oxygen atoms in total. The van der Waals surface area contributed by atoms with E-state index in [1.807, 2.05) is 18.2 Å². The van der Waals surface area contributed by atoms with Gasteiger partial charge in [0, 0.05) is 35.4 Å². The van der Waals surface area contributed by atoms with Gasteiger partial charge >= 0.3 is 0 Å². The highest BCUT2D eigenvalue weighted by Crippen LogP contribution is 2.24. The Morgan fingerprint density at radius 1 is 1.44 bits per heavy atom. The lowest BCUT2D eigenvalue weighted by molar-refractivity contribution is -0.120. The van der Waals surface area contributed by atoms with E-state index < -0.39 is 0 Å². The molecular formula is C13H20BrN3O. The van der Waals surface area contributed by atoms with Crippen molar-refractivity contribution in [3.8, 4) is 0 Å². The summed E-state index contributed by atoms with van der Waals surface area (Å²) >= 11 is 3.42. The SMILES string of the molecule is CC(C)CNC(=O)CCNc1ccc(N)cc1Br. The van der Waals surface area contributed by atoms with Gasteiger partial charge in [-0.2, -0.15) is 0 Å². The van der Waals surface area contributed by atoms with E-state index in [0.717, 1.165) is 16.7 Å². The van der Waals surface area contributed by atoms with E-state index in [4.69, 9.17) is 5.73 Å². The molecule has 5 heteroatoms. The second-order valence-corrected chi connectivity index (χ2v) is 5.47. The Morgan fingerprint density at radius 3 is 2.78 bits per heavy atom. The Bertz CT molecular complexity index is 407. The van der Waals surface area contributed by atoms with Gasteiger partial charge in [0.2, 0.25) is 5.91 Å². The number of halogens is 1. The van der Waals surface area contributed by atoms with Gasteiger partial charge in [0.25, 0.3) is 0 Å². The van der Waals surface area contributed by atoms with Crippen molar-refractivity contribution in [2.75, 3.05) is 24.1 Å². The largest absolute Gasteiger partial charge is 0.399 e. The van der Waals surface area contributed by atoms with Crippen LogP contribution in [0, 0.1) is 5.92 Å². The summed E-state index contributed by atoms with van der Waals surface area (Å²) in [5.41, 5.74) is 7.31. The fraction of sp³-hybridized carbons (Fsp3) is 0.462. The third kappa shape index (κ3) is 5.40. The molecule has 0 bridgehead atoms. The van der Waals surface area contributed by atoms with Gasteiger partial charge in [0.1, 0.15) is 0 Å². The van der Waals surface area contributed by atoms with Crippen molar-refractivity contribution >= 4 is 33.2 Å². The zero-order valence-electron chi connectivity index (χ0n) is 10.8. The van der Waals surface area contributed by atoms with Gasteiger partial charge in [-0.05, 0) is 40.0 Å². The Labute approximate surface area is 116 Å². The molecule has 0 aliphatic rings. The number of hydrogen-bond acceptors (Lipinski definition) is 3. The van der Waals surface area contributed by atoms with Crippen molar-refractivity contribution in [3.63, 3.8) is 0 Å². The number of nitrogens with two attached hydrogens (primary N) is 1. The van der Waals surface area contributed by atoms with E-state index in [0.29, 0.717) is 24.6 Å². The summed E-state index contributed by atoms with van der Waals surface area (Å²) in [4.78, 5) is 11.5. The molecule has 0 aliphatic heterocycles. The number of carbonyl (C=O) groups excluding carboxylic acids is 1. The Balaban J connectivity index is 2.31. The number of anilines is 2. The van der Waals surface area contributed by atoms with Gasteiger partial charge in [-0.25, -0.2) is 0 Å². The first kappa shape index (κ1) is 14.8. The van der Waals surface area contributed by atoms with Gasteiger partial charge in [-0.15, -0.1) is 0 Å². The standard InChI is InChI=1S/C13H20BrN3O/c1-9(2)8-17-13(18)5-6-16-12-4-3-10(15)7-11(12)14/h3-4,7,9,16H,5-6,8,15H2,1-2H3,(H,17,18). The topological polar surface area (TPSA) is 67.2 Å². The first-order valence-corrected chi connectivity index (χ1v) is 6.84. The average Bonchev–Trinajstić information content (AvgIpc) is 2.29. The van der Waals surface area contributed by atoms with Crippen molar-refractivity contribution in [3.05, 3.63) is 22.7 Å². The lowest BCUT2D eigenvalue weighted by Crippen LogP contribution is -2.28. The van der Waals surface area contributed by atoms with Crippen LogP contribution in [0.2, 0.25) is 0 Å². The third-order valence-corrected chi connectivity index (χ3v) is 3.02. The molecule has 1 aromatic carbocycles. The first-order valence-electron chi connectivity index (χ1n) is 6.04. The quantitative estimate of drug-likeness (QED) is 0.707. The molecule has 0 heterocycles. The zero-order chi connectivity index (χ0) is 13.5. The van der Waals surface area contributed by atoms with Crippen LogP contribution < -0.4 is 16.4 Å². The number of hydrogen-bond donors (Lipinski definition) is 3. The van der Waals surface area contributed by atoms with Crippen LogP contribution in [-0.2, 0) is 4.79 Å². The highest BCUT2D eigenvalue weighted by molar-refractivity contribution is 9.10. The Kier molecular flexibility index (Phi) is 5.98. The molecule has 0 aromatic heterocycles. The van der Waals surface area contributed by atoms with E-state index in [-0.39, 0.29) is 5.91 Å². The Hall–Kier alpha value is -1.23. The summed E-state index contributed by atoms with van der Waals surface area (Å²) in [6, 6.07) is 5.55. The summed E-state index contributed by atoms with van der Waals surface area (Å²) in [5.74, 6) is 0.552. The molecular weight excluding hydrogens is 294 g/mol. The van der Waals surface area contributed by atoms with E-state index in [2.05, 4.69) is 40.4 Å². The third-order valence-electron chi connectivity index (χ3n) is 2.37. The van der Waals surface area contributed by atoms with E-state index in [9.17, 15) is 4.79 Å². The number of nitrogens with one attached hydrogen (secondary N) is 2. The van der Waals surface area contributed by atoms with E-state index in [1.165, 1.54) is 0 Å². The van der Waals surface area contributed by atoms with Crippen molar-refractivity contribution < 1.29 is 4.79 Å². The minimum absolute atomic E-state index is 0.0720. The van der Waals surface area contributed by atoms with Crippen LogP contribution in [0.3, 0.4) is 0 Å². The normalized spacial score (nSPS) is 10.4. The number of rotatable bonds is 6. The van der Waals surface area contributed by atoms with Crippen molar-refractivity contribution in [1.82, 2.24) is 5.32 Å². The Morgan fingerprint density at radius 2 is 2.17 bits per heavy atom. The first-order chi connectivity index (χ1) is 8.49. The van der Waals surface area contributed by atoms with Crippen molar-refractivity contribution in [2.24, 2.45) is 5.92 Å². The van der Waals surface area contributed by atoms with Gasteiger partial charge in [0.15, 0.2) is 0 Å². The van der Waals surface area contributed by atoms with Crippen LogP contribution in [0.5, 0.6) is 0 Å². The van der Waals surface area contributed by atoms with Gasteiger partial charge in [0.05, 0.1) is 0 Å². The molecule has 4 N–H and O–H groups in total. The molecule has 0 saturated heterocycles. The van der Waals surface area contributed by atoms with Crippen molar-refractivity contribution in [2.45, 2.75) is 20.3 Å². The van der Waals surface area contributed by atoms with Gasteiger partial charge in [-0.3, -0.25) is 4.79 Å². The fourth-order valence-electron chi connectivity index (χ4n) is 1.39. The maximum atomic E-state index is 11.5. The summed E-state index contributed by atoms with van der Waals surface area (Å²) in [7, 11) is 0. The minimum Gasteiger partial charge on any atom is -0.399 e. The maximum absolute atomic E-state index is 11.5. The van der Waals surface area contributed by atoms with Crippen LogP contribution in [0.25, 0.3) is 0 Å². The van der Waals surface area contributed by atoms with E-state index >= 15 is 0 Å². The van der Waals surface area contributed by atoms with Crippen LogP contribution in [0.15, 0.2) is 22.7 Å². The lowest BCUT2D eigenvalue weighted by atomic mass is 10.2. The molecule has 0 unspecified atom stereocenters. The zero-order valence-corrected chi connectivity index (χ0v) is 12.4. The average molecular weight is 314 g/mol. The summed E-state index contributed by atoms with van der Waals surface area (Å²) in [6.07, 6.45) is 0.462. The number of amides is 1. The predicted molar refractivity (Wildman–Crippen MR) is 79.5 cm³/mol. The highest BCUT2D eigenvalue weighted by Gasteiger charge is 2.03. The van der Waals surface area contributed by atoms with Gasteiger partial charge in [-0.1, -0.05) is 13.8 Å². The van der Waals surface area contributed by atoms with Crippen LogP contribution in [-0.4, -0.2) is 19.0 Å². The predicted octanol–water partition coefficient (Wildman–Crippen LogP) is 2.61. The molecule has 0 spiro atoms. The second-order valence-electron chi connectivity index (χ2n) is 4.61. The lowest BCUT2D eigenvalue weighted by Gasteiger charge is -2.10. The minimum atomic E-state index is 0.0720. The molecule has 0 aliphatic carbocycles. The number of benzene rings is 1. The highest BCUT2D eigenvalue weighted by atomic mass is 79.9. The molecule has 0 fully saturated rings. The summed E-state index contributed by atoms with van der Waals surface area (Å²) < 4.78 is 0.907. The van der Waals surface area contributed by atoms with Crippen LogP contribution >= 0.6 is 15.9 Å². The summed E-state index contributed by atoms with van der Waals surface area (Å²) in [5, 5.41) is 6.08. The monoisotopic (exact) mass is 313 g/mol. The second kappa shape index (κ2) is 7.26. The van der Waals surface area contributed by atoms with Crippen molar-refractivity contribution in [1.29, 1.82) is 0 Å². The molecule has 18 heavy (non-hydrogen) atoms. The molecule has 0 radical (unpaired) electrons. The number of nitrogen functional groups attached to an aromatic ring is 1. The molecule has 100 valence electrons.